The van der Waals surface area contributed by atoms with E-state index in [-0.39, 0.29) is 22.9 Å². The van der Waals surface area contributed by atoms with E-state index in [4.69, 9.17) is 0 Å². The number of aromatic nitrogens is 3. The lowest BCUT2D eigenvalue weighted by Gasteiger charge is -2.32. The van der Waals surface area contributed by atoms with Gasteiger partial charge in [-0.3, -0.25) is 9.59 Å². The fourth-order valence-corrected chi connectivity index (χ4v) is 4.23. The number of fused-ring (bicyclic) bond motifs is 1. The zero-order valence-electron chi connectivity index (χ0n) is 14.8. The summed E-state index contributed by atoms with van der Waals surface area (Å²) in [7, 11) is 2.00. The number of carbonyl (C=O) groups excluding carboxylic acids is 1. The second kappa shape index (κ2) is 6.17. The molecular formula is C19H24N4O2. The van der Waals surface area contributed by atoms with E-state index in [1.807, 2.05) is 31.1 Å². The van der Waals surface area contributed by atoms with E-state index in [2.05, 4.69) is 14.5 Å². The third-order valence-corrected chi connectivity index (χ3v) is 5.43. The minimum absolute atomic E-state index is 0.147. The Morgan fingerprint density at radius 1 is 1.32 bits per heavy atom. The van der Waals surface area contributed by atoms with Gasteiger partial charge in [0.25, 0.3) is 11.5 Å². The standard InChI is InChI=1S/C19H24N4O2/c1-12-10-22(2)17(20-12)14-6-4-8-23(11-14)19(25)15-9-13-5-3-7-16(13)21-18(15)24/h9-10,14H,3-8,11H2,1-2H3,(H,21,24)/t14-/m1/s1. The molecule has 4 rings (SSSR count). The molecule has 1 aliphatic carbocycles. The molecule has 2 aromatic rings. The summed E-state index contributed by atoms with van der Waals surface area (Å²) in [6, 6.07) is 1.82. The van der Waals surface area contributed by atoms with Crippen molar-refractivity contribution in [3.8, 4) is 0 Å². The molecule has 1 aliphatic heterocycles. The number of aromatic amines is 1. The number of carbonyl (C=O) groups is 1. The first-order chi connectivity index (χ1) is 12.0. The van der Waals surface area contributed by atoms with Gasteiger partial charge in [-0.25, -0.2) is 4.98 Å². The van der Waals surface area contributed by atoms with Crippen molar-refractivity contribution in [2.45, 2.75) is 44.9 Å². The van der Waals surface area contributed by atoms with Crippen LogP contribution in [0.15, 0.2) is 17.1 Å². The Labute approximate surface area is 146 Å². The highest BCUT2D eigenvalue weighted by molar-refractivity contribution is 5.94. The van der Waals surface area contributed by atoms with E-state index in [0.717, 1.165) is 54.9 Å². The molecular weight excluding hydrogens is 316 g/mol. The van der Waals surface area contributed by atoms with Crippen molar-refractivity contribution in [3.63, 3.8) is 0 Å². The molecule has 25 heavy (non-hydrogen) atoms. The minimum Gasteiger partial charge on any atom is -0.338 e. The van der Waals surface area contributed by atoms with Crippen molar-refractivity contribution in [1.29, 1.82) is 0 Å². The number of imidazole rings is 1. The highest BCUT2D eigenvalue weighted by Crippen LogP contribution is 2.27. The summed E-state index contributed by atoms with van der Waals surface area (Å²) in [5, 5.41) is 0. The van der Waals surface area contributed by atoms with E-state index in [9.17, 15) is 9.59 Å². The van der Waals surface area contributed by atoms with Crippen molar-refractivity contribution >= 4 is 5.91 Å². The van der Waals surface area contributed by atoms with Crippen LogP contribution in [0, 0.1) is 6.92 Å². The van der Waals surface area contributed by atoms with Gasteiger partial charge in [-0.1, -0.05) is 0 Å². The van der Waals surface area contributed by atoms with Crippen molar-refractivity contribution in [3.05, 3.63) is 51.0 Å². The normalized spacial score (nSPS) is 19.9. The van der Waals surface area contributed by atoms with Crippen LogP contribution in [0.1, 0.15) is 58.3 Å². The zero-order valence-corrected chi connectivity index (χ0v) is 14.8. The average Bonchev–Trinajstić information content (AvgIpc) is 3.18. The predicted molar refractivity (Wildman–Crippen MR) is 94.9 cm³/mol. The van der Waals surface area contributed by atoms with Gasteiger partial charge in [-0.15, -0.1) is 0 Å². The number of H-pyrrole nitrogens is 1. The molecule has 132 valence electrons. The number of hydrogen-bond acceptors (Lipinski definition) is 3. The first kappa shape index (κ1) is 16.1. The summed E-state index contributed by atoms with van der Waals surface area (Å²) in [4.78, 5) is 34.7. The van der Waals surface area contributed by atoms with Crippen LogP contribution in [0.4, 0.5) is 0 Å². The van der Waals surface area contributed by atoms with Crippen molar-refractivity contribution in [2.75, 3.05) is 13.1 Å². The van der Waals surface area contributed by atoms with Gasteiger partial charge in [-0.2, -0.15) is 0 Å². The third-order valence-electron chi connectivity index (χ3n) is 5.43. The van der Waals surface area contributed by atoms with E-state index in [1.54, 1.807) is 0 Å². The van der Waals surface area contributed by atoms with Gasteiger partial charge in [-0.05, 0) is 50.7 Å². The molecule has 1 saturated heterocycles. The van der Waals surface area contributed by atoms with E-state index >= 15 is 0 Å². The highest BCUT2D eigenvalue weighted by atomic mass is 16.2. The Balaban J connectivity index is 1.58. The monoisotopic (exact) mass is 340 g/mol. The second-order valence-electron chi connectivity index (χ2n) is 7.31. The maximum atomic E-state index is 13.0. The fourth-order valence-electron chi connectivity index (χ4n) is 4.23. The largest absolute Gasteiger partial charge is 0.338 e. The molecule has 2 aliphatic rings. The van der Waals surface area contributed by atoms with Crippen LogP contribution in [0.25, 0.3) is 0 Å². The fraction of sp³-hybridized carbons (Fsp3) is 0.526. The lowest BCUT2D eigenvalue weighted by atomic mass is 9.96. The molecule has 0 radical (unpaired) electrons. The molecule has 0 aromatic carbocycles. The van der Waals surface area contributed by atoms with Gasteiger partial charge >= 0.3 is 0 Å². The molecule has 3 heterocycles. The quantitative estimate of drug-likeness (QED) is 0.908. The Morgan fingerprint density at radius 2 is 2.16 bits per heavy atom. The number of rotatable bonds is 2. The molecule has 1 N–H and O–H groups in total. The number of piperidine rings is 1. The summed E-state index contributed by atoms with van der Waals surface area (Å²) in [5.41, 5.74) is 3.16. The first-order valence-corrected chi connectivity index (χ1v) is 9.07. The van der Waals surface area contributed by atoms with Crippen LogP contribution in [0.5, 0.6) is 0 Å². The van der Waals surface area contributed by atoms with Crippen LogP contribution < -0.4 is 5.56 Å². The van der Waals surface area contributed by atoms with E-state index < -0.39 is 0 Å². The van der Waals surface area contributed by atoms with Gasteiger partial charge < -0.3 is 14.5 Å². The summed E-state index contributed by atoms with van der Waals surface area (Å²) >= 11 is 0. The van der Waals surface area contributed by atoms with Crippen molar-refractivity contribution in [2.24, 2.45) is 7.05 Å². The minimum atomic E-state index is -0.249. The van der Waals surface area contributed by atoms with Crippen molar-refractivity contribution < 1.29 is 4.79 Å². The molecule has 1 atom stereocenters. The topological polar surface area (TPSA) is 71.0 Å². The Hall–Kier alpha value is -2.37. The molecule has 1 amide bonds. The predicted octanol–water partition coefficient (Wildman–Crippen LogP) is 1.93. The average molecular weight is 340 g/mol. The first-order valence-electron chi connectivity index (χ1n) is 9.07. The number of likely N-dealkylation sites (tertiary alicyclic amines) is 1. The van der Waals surface area contributed by atoms with Crippen LogP contribution in [-0.4, -0.2) is 38.4 Å². The molecule has 1 fully saturated rings. The highest BCUT2D eigenvalue weighted by Gasteiger charge is 2.29. The molecule has 0 bridgehead atoms. The summed E-state index contributed by atoms with van der Waals surface area (Å²) in [6.45, 7) is 3.31. The number of pyridine rings is 1. The number of hydrogen-bond donors (Lipinski definition) is 1. The van der Waals surface area contributed by atoms with Crippen LogP contribution >= 0.6 is 0 Å². The van der Waals surface area contributed by atoms with Gasteiger partial charge in [0.15, 0.2) is 0 Å². The Kier molecular flexibility index (Phi) is 3.98. The molecule has 6 heteroatoms. The smallest absolute Gasteiger partial charge is 0.261 e. The zero-order chi connectivity index (χ0) is 17.6. The Morgan fingerprint density at radius 3 is 2.92 bits per heavy atom. The number of aryl methyl sites for hydroxylation is 4. The van der Waals surface area contributed by atoms with Crippen molar-refractivity contribution in [1.82, 2.24) is 19.4 Å². The number of nitrogens with zero attached hydrogens (tertiary/aromatic N) is 3. The van der Waals surface area contributed by atoms with Gasteiger partial charge in [0.05, 0.1) is 5.69 Å². The number of amides is 1. The summed E-state index contributed by atoms with van der Waals surface area (Å²) < 4.78 is 2.05. The second-order valence-corrected chi connectivity index (χ2v) is 7.31. The maximum absolute atomic E-state index is 13.0. The Bertz CT molecular complexity index is 880. The summed E-state index contributed by atoms with van der Waals surface area (Å²) in [6.07, 6.45) is 6.87. The summed E-state index contributed by atoms with van der Waals surface area (Å²) in [5.74, 6) is 1.11. The molecule has 6 nitrogen and oxygen atoms in total. The van der Waals surface area contributed by atoms with Crippen LogP contribution in [-0.2, 0) is 19.9 Å². The van der Waals surface area contributed by atoms with Gasteiger partial charge in [0.1, 0.15) is 11.4 Å². The maximum Gasteiger partial charge on any atom is 0.261 e. The van der Waals surface area contributed by atoms with Crippen LogP contribution in [0.2, 0.25) is 0 Å². The lowest BCUT2D eigenvalue weighted by molar-refractivity contribution is 0.0701. The number of nitrogens with one attached hydrogen (secondary N) is 1. The lowest BCUT2D eigenvalue weighted by Crippen LogP contribution is -2.41. The van der Waals surface area contributed by atoms with Crippen LogP contribution in [0.3, 0.4) is 0 Å². The molecule has 0 unspecified atom stereocenters. The molecule has 0 spiro atoms. The third kappa shape index (κ3) is 2.90. The molecule has 0 saturated carbocycles. The van der Waals surface area contributed by atoms with Gasteiger partial charge in [0, 0.05) is 37.9 Å². The SMILES string of the molecule is Cc1cn(C)c([C@@H]2CCCN(C(=O)c3cc4c([nH]c3=O)CCC4)C2)n1. The van der Waals surface area contributed by atoms with E-state index in [1.165, 1.54) is 0 Å². The van der Waals surface area contributed by atoms with Gasteiger partial charge in [0.2, 0.25) is 0 Å². The van der Waals surface area contributed by atoms with E-state index in [0.29, 0.717) is 13.1 Å². The molecule has 2 aromatic heterocycles.